The lowest BCUT2D eigenvalue weighted by Gasteiger charge is -2.09. The molecule has 0 radical (unpaired) electrons. The molecule has 72 valence electrons. The molecule has 13 heavy (non-hydrogen) atoms. The van der Waals surface area contributed by atoms with E-state index in [1.165, 1.54) is 0 Å². The predicted molar refractivity (Wildman–Crippen MR) is 55.2 cm³/mol. The molecular formula is C10H14ClNO. The van der Waals surface area contributed by atoms with Gasteiger partial charge in [-0.25, -0.2) is 0 Å². The van der Waals surface area contributed by atoms with E-state index in [0.29, 0.717) is 11.4 Å². The van der Waals surface area contributed by atoms with Crippen molar-refractivity contribution in [1.82, 2.24) is 0 Å². The maximum absolute atomic E-state index is 9.42. The molecule has 1 atom stereocenters. The SMILES string of the molecule is Cc1cc(O)c(Cl)c(CC(C)N)c1. The van der Waals surface area contributed by atoms with Crippen molar-refractivity contribution < 1.29 is 5.11 Å². The molecule has 1 unspecified atom stereocenters. The van der Waals surface area contributed by atoms with Crippen LogP contribution in [0.25, 0.3) is 0 Å². The summed E-state index contributed by atoms with van der Waals surface area (Å²) >= 11 is 5.90. The highest BCUT2D eigenvalue weighted by Gasteiger charge is 2.08. The van der Waals surface area contributed by atoms with Crippen molar-refractivity contribution >= 4 is 11.6 Å². The van der Waals surface area contributed by atoms with Gasteiger partial charge in [-0.3, -0.25) is 0 Å². The molecule has 0 aliphatic heterocycles. The fourth-order valence-corrected chi connectivity index (χ4v) is 1.51. The number of phenolic OH excluding ortho intramolecular Hbond substituents is 1. The van der Waals surface area contributed by atoms with Gasteiger partial charge in [0.15, 0.2) is 0 Å². The molecule has 0 bridgehead atoms. The van der Waals surface area contributed by atoms with Crippen LogP contribution >= 0.6 is 11.6 Å². The number of aromatic hydroxyl groups is 1. The largest absolute Gasteiger partial charge is 0.506 e. The highest BCUT2D eigenvalue weighted by atomic mass is 35.5. The van der Waals surface area contributed by atoms with E-state index in [1.807, 2.05) is 19.9 Å². The lowest BCUT2D eigenvalue weighted by atomic mass is 10.0. The smallest absolute Gasteiger partial charge is 0.134 e. The predicted octanol–water partition coefficient (Wildman–Crippen LogP) is 2.24. The van der Waals surface area contributed by atoms with Crippen LogP contribution in [0.1, 0.15) is 18.1 Å². The van der Waals surface area contributed by atoms with Gasteiger partial charge in [0.05, 0.1) is 5.02 Å². The van der Waals surface area contributed by atoms with E-state index >= 15 is 0 Å². The van der Waals surface area contributed by atoms with Crippen LogP contribution in [-0.2, 0) is 6.42 Å². The van der Waals surface area contributed by atoms with Crippen LogP contribution < -0.4 is 5.73 Å². The molecule has 1 aromatic rings. The van der Waals surface area contributed by atoms with Crippen molar-refractivity contribution in [1.29, 1.82) is 0 Å². The average molecular weight is 200 g/mol. The summed E-state index contributed by atoms with van der Waals surface area (Å²) in [5.41, 5.74) is 7.56. The van der Waals surface area contributed by atoms with Crippen LogP contribution in [0.5, 0.6) is 5.75 Å². The second kappa shape index (κ2) is 3.99. The third-order valence-electron chi connectivity index (χ3n) is 1.81. The van der Waals surface area contributed by atoms with Crippen molar-refractivity contribution in [2.75, 3.05) is 0 Å². The van der Waals surface area contributed by atoms with Gasteiger partial charge in [-0.15, -0.1) is 0 Å². The topological polar surface area (TPSA) is 46.2 Å². The Balaban J connectivity index is 3.05. The van der Waals surface area contributed by atoms with Crippen molar-refractivity contribution in [3.63, 3.8) is 0 Å². The number of nitrogens with two attached hydrogens (primary N) is 1. The van der Waals surface area contributed by atoms with Gasteiger partial charge in [0.1, 0.15) is 5.75 Å². The first-order valence-electron chi connectivity index (χ1n) is 4.24. The van der Waals surface area contributed by atoms with Crippen LogP contribution in [0.3, 0.4) is 0 Å². The van der Waals surface area contributed by atoms with Gasteiger partial charge < -0.3 is 10.8 Å². The van der Waals surface area contributed by atoms with Gasteiger partial charge in [0.25, 0.3) is 0 Å². The van der Waals surface area contributed by atoms with Crippen molar-refractivity contribution in [3.8, 4) is 5.75 Å². The third-order valence-corrected chi connectivity index (χ3v) is 2.25. The van der Waals surface area contributed by atoms with Crippen molar-refractivity contribution in [3.05, 3.63) is 28.3 Å². The Morgan fingerprint density at radius 3 is 2.69 bits per heavy atom. The minimum absolute atomic E-state index is 0.0544. The van der Waals surface area contributed by atoms with Crippen LogP contribution in [0.2, 0.25) is 5.02 Å². The zero-order valence-electron chi connectivity index (χ0n) is 7.84. The highest BCUT2D eigenvalue weighted by Crippen LogP contribution is 2.29. The first-order chi connectivity index (χ1) is 6.00. The van der Waals surface area contributed by atoms with E-state index < -0.39 is 0 Å². The maximum Gasteiger partial charge on any atom is 0.134 e. The number of aryl methyl sites for hydroxylation is 1. The van der Waals surface area contributed by atoms with Crippen LogP contribution in [0.4, 0.5) is 0 Å². The Kier molecular flexibility index (Phi) is 3.17. The molecule has 1 rings (SSSR count). The number of rotatable bonds is 2. The summed E-state index contributed by atoms with van der Waals surface area (Å²) in [6, 6.07) is 3.65. The van der Waals surface area contributed by atoms with Crippen LogP contribution in [0.15, 0.2) is 12.1 Å². The Bertz CT molecular complexity index is 310. The van der Waals surface area contributed by atoms with E-state index in [4.69, 9.17) is 17.3 Å². The molecule has 0 aliphatic rings. The summed E-state index contributed by atoms with van der Waals surface area (Å²) in [5.74, 6) is 0.136. The second-order valence-corrected chi connectivity index (χ2v) is 3.82. The van der Waals surface area contributed by atoms with Crippen LogP contribution in [-0.4, -0.2) is 11.1 Å². The zero-order valence-corrected chi connectivity index (χ0v) is 8.60. The summed E-state index contributed by atoms with van der Waals surface area (Å²) in [5, 5.41) is 9.84. The molecule has 0 saturated carbocycles. The molecule has 2 nitrogen and oxygen atoms in total. The molecule has 0 spiro atoms. The van der Waals surface area contributed by atoms with E-state index in [9.17, 15) is 5.11 Å². The van der Waals surface area contributed by atoms with Crippen molar-refractivity contribution in [2.24, 2.45) is 5.73 Å². The van der Waals surface area contributed by atoms with Gasteiger partial charge in [-0.1, -0.05) is 17.7 Å². The Morgan fingerprint density at radius 1 is 1.54 bits per heavy atom. The second-order valence-electron chi connectivity index (χ2n) is 3.44. The number of hydrogen-bond donors (Lipinski definition) is 2. The first-order valence-corrected chi connectivity index (χ1v) is 4.62. The summed E-state index contributed by atoms with van der Waals surface area (Å²) in [6.07, 6.45) is 0.689. The highest BCUT2D eigenvalue weighted by molar-refractivity contribution is 6.32. The quantitative estimate of drug-likeness (QED) is 0.768. The monoisotopic (exact) mass is 199 g/mol. The molecule has 3 heteroatoms. The van der Waals surface area contributed by atoms with Gasteiger partial charge >= 0.3 is 0 Å². The molecular weight excluding hydrogens is 186 g/mol. The number of phenols is 1. The van der Waals surface area contributed by atoms with E-state index in [-0.39, 0.29) is 11.8 Å². The molecule has 1 aromatic carbocycles. The van der Waals surface area contributed by atoms with Gasteiger partial charge in [-0.05, 0) is 37.5 Å². The summed E-state index contributed by atoms with van der Waals surface area (Å²) < 4.78 is 0. The van der Waals surface area contributed by atoms with E-state index in [1.54, 1.807) is 6.07 Å². The molecule has 0 heterocycles. The first kappa shape index (κ1) is 10.4. The zero-order chi connectivity index (χ0) is 10.0. The maximum atomic E-state index is 9.42. The van der Waals surface area contributed by atoms with E-state index in [2.05, 4.69) is 0 Å². The Labute approximate surface area is 83.3 Å². The van der Waals surface area contributed by atoms with Gasteiger partial charge in [0.2, 0.25) is 0 Å². The minimum Gasteiger partial charge on any atom is -0.506 e. The molecule has 3 N–H and O–H groups in total. The Morgan fingerprint density at radius 2 is 2.15 bits per heavy atom. The Hall–Kier alpha value is -0.730. The number of halogens is 1. The van der Waals surface area contributed by atoms with Gasteiger partial charge in [0, 0.05) is 6.04 Å². The van der Waals surface area contributed by atoms with Crippen molar-refractivity contribution in [2.45, 2.75) is 26.3 Å². The summed E-state index contributed by atoms with van der Waals surface area (Å²) in [7, 11) is 0. The fraction of sp³-hybridized carbons (Fsp3) is 0.400. The van der Waals surface area contributed by atoms with Crippen LogP contribution in [0, 0.1) is 6.92 Å². The lowest BCUT2D eigenvalue weighted by Crippen LogP contribution is -2.18. The standard InChI is InChI=1S/C10H14ClNO/c1-6-3-8(5-7(2)12)10(11)9(13)4-6/h3-4,7,13H,5,12H2,1-2H3. The molecule has 0 saturated heterocycles. The normalized spacial score (nSPS) is 12.9. The number of benzene rings is 1. The molecule has 0 fully saturated rings. The average Bonchev–Trinajstić information content (AvgIpc) is 1.98. The van der Waals surface area contributed by atoms with E-state index in [0.717, 1.165) is 11.1 Å². The minimum atomic E-state index is 0.0544. The molecule has 0 amide bonds. The molecule has 0 aliphatic carbocycles. The molecule has 0 aromatic heterocycles. The third kappa shape index (κ3) is 2.61. The fourth-order valence-electron chi connectivity index (χ4n) is 1.32. The lowest BCUT2D eigenvalue weighted by molar-refractivity contribution is 0.474. The summed E-state index contributed by atoms with van der Waals surface area (Å²) in [4.78, 5) is 0. The van der Waals surface area contributed by atoms with Gasteiger partial charge in [-0.2, -0.15) is 0 Å². The summed E-state index contributed by atoms with van der Waals surface area (Å²) in [6.45, 7) is 3.83. The number of hydrogen-bond acceptors (Lipinski definition) is 2.